The molecular formula is C12H15BrO. The number of hydrogen-bond acceptors (Lipinski definition) is 1. The zero-order valence-corrected chi connectivity index (χ0v) is 9.74. The van der Waals surface area contributed by atoms with Gasteiger partial charge in [0.15, 0.2) is 0 Å². The Morgan fingerprint density at radius 3 is 3.07 bits per heavy atom. The number of allylic oxidation sites excluding steroid dienone is 2. The van der Waals surface area contributed by atoms with Crippen molar-refractivity contribution in [2.45, 2.75) is 37.9 Å². The smallest absolute Gasteiger partial charge is 0.0840 e. The maximum atomic E-state index is 6.08. The lowest BCUT2D eigenvalue weighted by atomic mass is 9.77. The number of fused-ring (bicyclic) bond motifs is 3. The lowest BCUT2D eigenvalue weighted by Gasteiger charge is -2.27. The monoisotopic (exact) mass is 254 g/mol. The highest BCUT2D eigenvalue weighted by Crippen LogP contribution is 2.47. The van der Waals surface area contributed by atoms with Gasteiger partial charge in [-0.15, -0.1) is 0 Å². The minimum absolute atomic E-state index is 0.350. The molecule has 4 unspecified atom stereocenters. The van der Waals surface area contributed by atoms with Gasteiger partial charge in [-0.3, -0.25) is 0 Å². The van der Waals surface area contributed by atoms with E-state index in [1.165, 1.54) is 30.2 Å². The van der Waals surface area contributed by atoms with Crippen LogP contribution >= 0.6 is 15.9 Å². The quantitative estimate of drug-likeness (QED) is 0.644. The van der Waals surface area contributed by atoms with Crippen molar-refractivity contribution in [3.8, 4) is 0 Å². The topological polar surface area (TPSA) is 9.23 Å². The van der Waals surface area contributed by atoms with Gasteiger partial charge >= 0.3 is 0 Å². The molecule has 1 heterocycles. The normalized spacial score (nSPS) is 45.6. The summed E-state index contributed by atoms with van der Waals surface area (Å²) < 4.78 is 7.43. The van der Waals surface area contributed by atoms with Gasteiger partial charge in [-0.1, -0.05) is 47.0 Å². The molecule has 0 radical (unpaired) electrons. The average molecular weight is 255 g/mol. The molecule has 0 bridgehead atoms. The van der Waals surface area contributed by atoms with Crippen LogP contribution in [0.1, 0.15) is 25.7 Å². The van der Waals surface area contributed by atoms with Crippen LogP contribution in [0.15, 0.2) is 22.7 Å². The maximum absolute atomic E-state index is 6.08. The molecule has 1 nitrogen and oxygen atoms in total. The van der Waals surface area contributed by atoms with Gasteiger partial charge in [0.05, 0.1) is 12.2 Å². The fourth-order valence-electron chi connectivity index (χ4n) is 3.13. The van der Waals surface area contributed by atoms with Gasteiger partial charge in [0.2, 0.25) is 0 Å². The van der Waals surface area contributed by atoms with Crippen molar-refractivity contribution in [2.75, 3.05) is 0 Å². The van der Waals surface area contributed by atoms with Gasteiger partial charge in [0.25, 0.3) is 0 Å². The standard InChI is InChI=1S/C12H15BrO/c13-9-5-3-7-11-12(9)8-4-1-2-6-10(8)14-11/h3,5,7-8,10-12H,1-2,4,6H2. The lowest BCUT2D eigenvalue weighted by molar-refractivity contribution is 0.0375. The largest absolute Gasteiger partial charge is 0.370 e. The summed E-state index contributed by atoms with van der Waals surface area (Å²) in [6.45, 7) is 0. The molecule has 2 heteroatoms. The summed E-state index contributed by atoms with van der Waals surface area (Å²) in [5.41, 5.74) is 0. The Kier molecular flexibility index (Phi) is 2.29. The first-order valence-corrected chi connectivity index (χ1v) is 6.35. The van der Waals surface area contributed by atoms with Crippen molar-refractivity contribution < 1.29 is 4.74 Å². The van der Waals surface area contributed by atoms with Crippen LogP contribution in [0, 0.1) is 11.8 Å². The van der Waals surface area contributed by atoms with Gasteiger partial charge in [0, 0.05) is 10.4 Å². The lowest BCUT2D eigenvalue weighted by Crippen LogP contribution is -2.25. The van der Waals surface area contributed by atoms with E-state index < -0.39 is 0 Å². The van der Waals surface area contributed by atoms with E-state index in [0.717, 1.165) is 5.92 Å². The molecule has 76 valence electrons. The second-order valence-corrected chi connectivity index (χ2v) is 5.47. The first-order valence-electron chi connectivity index (χ1n) is 5.55. The van der Waals surface area contributed by atoms with Crippen LogP contribution in [0.25, 0.3) is 0 Å². The predicted octanol–water partition coefficient (Wildman–Crippen LogP) is 3.41. The second kappa shape index (κ2) is 3.49. The zero-order valence-electron chi connectivity index (χ0n) is 8.16. The first-order chi connectivity index (χ1) is 6.86. The van der Waals surface area contributed by atoms with Crippen LogP contribution in [0.5, 0.6) is 0 Å². The Bertz CT molecular complexity index is 295. The van der Waals surface area contributed by atoms with Crippen LogP contribution < -0.4 is 0 Å². The fraction of sp³-hybridized carbons (Fsp3) is 0.667. The molecule has 3 aliphatic rings. The van der Waals surface area contributed by atoms with Crippen LogP contribution in [-0.2, 0) is 4.74 Å². The molecule has 1 saturated carbocycles. The average Bonchev–Trinajstić information content (AvgIpc) is 2.57. The number of rotatable bonds is 0. The molecule has 2 fully saturated rings. The fourth-order valence-corrected chi connectivity index (χ4v) is 3.88. The molecule has 1 aliphatic heterocycles. The highest BCUT2D eigenvalue weighted by Gasteiger charge is 2.45. The molecular weight excluding hydrogens is 240 g/mol. The highest BCUT2D eigenvalue weighted by atomic mass is 79.9. The molecule has 0 N–H and O–H groups in total. The van der Waals surface area contributed by atoms with Crippen molar-refractivity contribution in [2.24, 2.45) is 11.8 Å². The Labute approximate surface area is 93.3 Å². The van der Waals surface area contributed by atoms with Crippen LogP contribution in [0.3, 0.4) is 0 Å². The summed E-state index contributed by atoms with van der Waals surface area (Å²) in [5, 5.41) is 0. The molecule has 0 aromatic rings. The van der Waals surface area contributed by atoms with E-state index in [1.807, 2.05) is 0 Å². The molecule has 4 atom stereocenters. The predicted molar refractivity (Wildman–Crippen MR) is 60.3 cm³/mol. The van der Waals surface area contributed by atoms with Crippen molar-refractivity contribution in [1.29, 1.82) is 0 Å². The van der Waals surface area contributed by atoms with E-state index in [0.29, 0.717) is 18.1 Å². The molecule has 3 rings (SSSR count). The van der Waals surface area contributed by atoms with Crippen molar-refractivity contribution >= 4 is 15.9 Å². The minimum Gasteiger partial charge on any atom is -0.370 e. The van der Waals surface area contributed by atoms with Gasteiger partial charge in [-0.25, -0.2) is 0 Å². The Hall–Kier alpha value is -0.0800. The van der Waals surface area contributed by atoms with Crippen molar-refractivity contribution in [1.82, 2.24) is 0 Å². The second-order valence-electron chi connectivity index (χ2n) is 4.55. The highest BCUT2D eigenvalue weighted by molar-refractivity contribution is 9.11. The summed E-state index contributed by atoms with van der Waals surface area (Å²) in [6.07, 6.45) is 12.8. The minimum atomic E-state index is 0.350. The zero-order chi connectivity index (χ0) is 9.54. The number of ether oxygens (including phenoxy) is 1. The van der Waals surface area contributed by atoms with Crippen molar-refractivity contribution in [3.63, 3.8) is 0 Å². The third-order valence-electron chi connectivity index (χ3n) is 3.78. The Balaban J connectivity index is 1.89. The van der Waals surface area contributed by atoms with Crippen LogP contribution in [-0.4, -0.2) is 12.2 Å². The van der Waals surface area contributed by atoms with Crippen molar-refractivity contribution in [3.05, 3.63) is 22.7 Å². The van der Waals surface area contributed by atoms with E-state index in [-0.39, 0.29) is 0 Å². The van der Waals surface area contributed by atoms with Crippen LogP contribution in [0.4, 0.5) is 0 Å². The third-order valence-corrected chi connectivity index (χ3v) is 4.57. The summed E-state index contributed by atoms with van der Waals surface area (Å²) in [7, 11) is 0. The van der Waals surface area contributed by atoms with E-state index in [2.05, 4.69) is 34.2 Å². The first kappa shape index (κ1) is 9.17. The van der Waals surface area contributed by atoms with Crippen LogP contribution in [0.2, 0.25) is 0 Å². The third kappa shape index (κ3) is 1.31. The summed E-state index contributed by atoms with van der Waals surface area (Å²) >= 11 is 3.69. The Morgan fingerprint density at radius 2 is 2.14 bits per heavy atom. The van der Waals surface area contributed by atoms with Gasteiger partial charge in [-0.2, -0.15) is 0 Å². The molecule has 0 aromatic heterocycles. The molecule has 2 aliphatic carbocycles. The molecule has 1 saturated heterocycles. The summed E-state index contributed by atoms with van der Waals surface area (Å²) in [6, 6.07) is 0. The summed E-state index contributed by atoms with van der Waals surface area (Å²) in [5.74, 6) is 1.38. The maximum Gasteiger partial charge on any atom is 0.0840 e. The van der Waals surface area contributed by atoms with Gasteiger partial charge in [0.1, 0.15) is 0 Å². The molecule has 0 aromatic carbocycles. The van der Waals surface area contributed by atoms with E-state index in [9.17, 15) is 0 Å². The number of hydrogen-bond donors (Lipinski definition) is 0. The molecule has 14 heavy (non-hydrogen) atoms. The Morgan fingerprint density at radius 1 is 1.29 bits per heavy atom. The van der Waals surface area contributed by atoms with E-state index in [4.69, 9.17) is 4.74 Å². The van der Waals surface area contributed by atoms with Gasteiger partial charge in [-0.05, 0) is 18.8 Å². The van der Waals surface area contributed by atoms with Gasteiger partial charge < -0.3 is 4.74 Å². The summed E-state index contributed by atoms with van der Waals surface area (Å²) in [4.78, 5) is 0. The van der Waals surface area contributed by atoms with E-state index >= 15 is 0 Å². The van der Waals surface area contributed by atoms with E-state index in [1.54, 1.807) is 0 Å². The number of halogens is 1. The molecule has 0 spiro atoms. The SMILES string of the molecule is BrC1=CC=CC2OC3CCCCC3C12. The molecule has 0 amide bonds.